The van der Waals surface area contributed by atoms with Crippen molar-refractivity contribution < 1.29 is 23.8 Å². The highest BCUT2D eigenvalue weighted by Gasteiger charge is 2.23. The SMILES string of the molecule is C=C(C)C(=O)OC1CCC1.C=CC(=O)OCC1CO1. The first-order valence-electron chi connectivity index (χ1n) is 6.30. The molecule has 2 aliphatic rings. The summed E-state index contributed by atoms with van der Waals surface area (Å²) in [6, 6.07) is 0. The first-order valence-corrected chi connectivity index (χ1v) is 6.30. The van der Waals surface area contributed by atoms with Gasteiger partial charge in [0.15, 0.2) is 0 Å². The Morgan fingerprint density at radius 3 is 2.42 bits per heavy atom. The Kier molecular flexibility index (Phi) is 6.29. The number of carbonyl (C=O) groups is 2. The van der Waals surface area contributed by atoms with E-state index in [0.29, 0.717) is 18.8 Å². The number of rotatable bonds is 5. The van der Waals surface area contributed by atoms with Crippen LogP contribution in [0.2, 0.25) is 0 Å². The quantitative estimate of drug-likeness (QED) is 0.432. The van der Waals surface area contributed by atoms with Crippen LogP contribution in [0.25, 0.3) is 0 Å². The summed E-state index contributed by atoms with van der Waals surface area (Å²) < 4.78 is 14.4. The van der Waals surface area contributed by atoms with Crippen LogP contribution in [0.3, 0.4) is 0 Å². The molecule has 5 heteroatoms. The average Bonchev–Trinajstić information content (AvgIpc) is 3.15. The molecule has 0 aromatic carbocycles. The van der Waals surface area contributed by atoms with Gasteiger partial charge in [-0.1, -0.05) is 13.2 Å². The van der Waals surface area contributed by atoms with Crippen molar-refractivity contribution in [3.05, 3.63) is 24.8 Å². The minimum Gasteiger partial charge on any atom is -0.460 e. The van der Waals surface area contributed by atoms with Gasteiger partial charge in [-0.25, -0.2) is 9.59 Å². The third kappa shape index (κ3) is 6.76. The van der Waals surface area contributed by atoms with E-state index >= 15 is 0 Å². The van der Waals surface area contributed by atoms with Crippen LogP contribution in [0.1, 0.15) is 26.2 Å². The van der Waals surface area contributed by atoms with Crippen molar-refractivity contribution in [3.8, 4) is 0 Å². The summed E-state index contributed by atoms with van der Waals surface area (Å²) in [5, 5.41) is 0. The van der Waals surface area contributed by atoms with Crippen molar-refractivity contribution in [1.29, 1.82) is 0 Å². The fourth-order valence-corrected chi connectivity index (χ4v) is 1.14. The molecule has 0 amide bonds. The third-order valence-electron chi connectivity index (χ3n) is 2.65. The molecule has 0 aromatic rings. The molecule has 1 atom stereocenters. The summed E-state index contributed by atoms with van der Waals surface area (Å²) in [5.74, 6) is -0.629. The second kappa shape index (κ2) is 7.74. The number of esters is 2. The Bertz CT molecular complexity index is 353. The molecule has 0 bridgehead atoms. The molecule has 1 aliphatic heterocycles. The van der Waals surface area contributed by atoms with E-state index in [2.05, 4.69) is 17.9 Å². The van der Waals surface area contributed by atoms with E-state index in [9.17, 15) is 9.59 Å². The van der Waals surface area contributed by atoms with E-state index in [-0.39, 0.29) is 24.1 Å². The molecule has 1 saturated carbocycles. The molecule has 0 aromatic heterocycles. The topological polar surface area (TPSA) is 65.1 Å². The van der Waals surface area contributed by atoms with Crippen molar-refractivity contribution in [3.63, 3.8) is 0 Å². The lowest BCUT2D eigenvalue weighted by Gasteiger charge is -2.24. The van der Waals surface area contributed by atoms with Crippen LogP contribution < -0.4 is 0 Å². The number of epoxide rings is 1. The molecule has 1 saturated heterocycles. The summed E-state index contributed by atoms with van der Waals surface area (Å²) in [6.07, 6.45) is 4.72. The summed E-state index contributed by atoms with van der Waals surface area (Å²) in [6.45, 7) is 9.48. The van der Waals surface area contributed by atoms with Gasteiger partial charge in [0, 0.05) is 11.6 Å². The maximum absolute atomic E-state index is 10.8. The van der Waals surface area contributed by atoms with Gasteiger partial charge >= 0.3 is 11.9 Å². The van der Waals surface area contributed by atoms with Crippen molar-refractivity contribution >= 4 is 11.9 Å². The lowest BCUT2D eigenvalue weighted by molar-refractivity contribution is -0.148. The smallest absolute Gasteiger partial charge is 0.333 e. The van der Waals surface area contributed by atoms with E-state index in [1.807, 2.05) is 0 Å². The lowest BCUT2D eigenvalue weighted by atomic mass is 9.96. The van der Waals surface area contributed by atoms with E-state index in [0.717, 1.165) is 18.9 Å². The fraction of sp³-hybridized carbons (Fsp3) is 0.571. The van der Waals surface area contributed by atoms with Gasteiger partial charge in [-0.15, -0.1) is 0 Å². The monoisotopic (exact) mass is 268 g/mol. The van der Waals surface area contributed by atoms with Crippen LogP contribution in [-0.4, -0.2) is 37.4 Å². The highest BCUT2D eigenvalue weighted by molar-refractivity contribution is 5.87. The largest absolute Gasteiger partial charge is 0.460 e. The summed E-state index contributed by atoms with van der Waals surface area (Å²) in [4.78, 5) is 21.2. The molecule has 0 N–H and O–H groups in total. The van der Waals surface area contributed by atoms with Gasteiger partial charge in [0.1, 0.15) is 18.8 Å². The highest BCUT2D eigenvalue weighted by Crippen LogP contribution is 2.22. The maximum atomic E-state index is 10.8. The molecule has 2 fully saturated rings. The van der Waals surface area contributed by atoms with Gasteiger partial charge in [0.2, 0.25) is 0 Å². The Balaban J connectivity index is 0.000000191. The normalized spacial score (nSPS) is 20.2. The zero-order valence-electron chi connectivity index (χ0n) is 11.2. The molecule has 1 unspecified atom stereocenters. The van der Waals surface area contributed by atoms with Crippen LogP contribution in [0.4, 0.5) is 0 Å². The van der Waals surface area contributed by atoms with Crippen molar-refractivity contribution in [2.45, 2.75) is 38.4 Å². The zero-order chi connectivity index (χ0) is 14.3. The summed E-state index contributed by atoms with van der Waals surface area (Å²) in [7, 11) is 0. The van der Waals surface area contributed by atoms with Gasteiger partial charge < -0.3 is 14.2 Å². The Labute approximate surface area is 113 Å². The molecule has 1 heterocycles. The molecule has 0 radical (unpaired) electrons. The Hall–Kier alpha value is -1.62. The minimum atomic E-state index is -0.384. The minimum absolute atomic E-state index is 0.147. The first-order chi connectivity index (χ1) is 9.02. The molecule has 5 nitrogen and oxygen atoms in total. The zero-order valence-corrected chi connectivity index (χ0v) is 11.2. The molecule has 2 rings (SSSR count). The van der Waals surface area contributed by atoms with Crippen LogP contribution in [0, 0.1) is 0 Å². The molecular formula is C14H20O5. The molecule has 106 valence electrons. The predicted molar refractivity (Wildman–Crippen MR) is 69.4 cm³/mol. The van der Waals surface area contributed by atoms with Gasteiger partial charge in [-0.05, 0) is 26.2 Å². The van der Waals surface area contributed by atoms with Crippen LogP contribution in [0.5, 0.6) is 0 Å². The third-order valence-corrected chi connectivity index (χ3v) is 2.65. The maximum Gasteiger partial charge on any atom is 0.333 e. The van der Waals surface area contributed by atoms with Crippen molar-refractivity contribution in [2.24, 2.45) is 0 Å². The second-order valence-corrected chi connectivity index (χ2v) is 4.53. The lowest BCUT2D eigenvalue weighted by Crippen LogP contribution is -2.25. The standard InChI is InChI=1S/C8H12O2.C6H8O3/c1-6(2)8(9)10-7-4-3-5-7;1-2-6(7)9-4-5-3-8-5/h7H,1,3-5H2,2H3;2,5H,1,3-4H2. The Morgan fingerprint density at radius 1 is 1.42 bits per heavy atom. The van der Waals surface area contributed by atoms with Crippen LogP contribution in [0.15, 0.2) is 24.8 Å². The van der Waals surface area contributed by atoms with Crippen LogP contribution in [-0.2, 0) is 23.8 Å². The van der Waals surface area contributed by atoms with Crippen molar-refractivity contribution in [2.75, 3.05) is 13.2 Å². The Morgan fingerprint density at radius 2 is 2.05 bits per heavy atom. The van der Waals surface area contributed by atoms with Crippen LogP contribution >= 0.6 is 0 Å². The van der Waals surface area contributed by atoms with Gasteiger partial charge in [-0.2, -0.15) is 0 Å². The number of ether oxygens (including phenoxy) is 3. The number of hydrogen-bond donors (Lipinski definition) is 0. The molecule has 1 aliphatic carbocycles. The number of carbonyl (C=O) groups excluding carboxylic acids is 2. The van der Waals surface area contributed by atoms with E-state index in [4.69, 9.17) is 9.47 Å². The first kappa shape index (κ1) is 15.4. The average molecular weight is 268 g/mol. The van der Waals surface area contributed by atoms with Gasteiger partial charge in [0.05, 0.1) is 6.61 Å². The summed E-state index contributed by atoms with van der Waals surface area (Å²) >= 11 is 0. The van der Waals surface area contributed by atoms with E-state index in [1.54, 1.807) is 6.92 Å². The molecule has 19 heavy (non-hydrogen) atoms. The van der Waals surface area contributed by atoms with E-state index < -0.39 is 0 Å². The number of hydrogen-bond acceptors (Lipinski definition) is 5. The second-order valence-electron chi connectivity index (χ2n) is 4.53. The summed E-state index contributed by atoms with van der Waals surface area (Å²) in [5.41, 5.74) is 0.492. The molecule has 0 spiro atoms. The highest BCUT2D eigenvalue weighted by atomic mass is 16.6. The molecular weight excluding hydrogens is 248 g/mol. The van der Waals surface area contributed by atoms with E-state index in [1.165, 1.54) is 6.42 Å². The van der Waals surface area contributed by atoms with Crippen molar-refractivity contribution in [1.82, 2.24) is 0 Å². The van der Waals surface area contributed by atoms with Gasteiger partial charge in [-0.3, -0.25) is 0 Å². The van der Waals surface area contributed by atoms with Gasteiger partial charge in [0.25, 0.3) is 0 Å². The predicted octanol–water partition coefficient (Wildman–Crippen LogP) is 1.77. The fourth-order valence-electron chi connectivity index (χ4n) is 1.14.